The number of ketones is 1. The summed E-state index contributed by atoms with van der Waals surface area (Å²) in [7, 11) is 1.42. The van der Waals surface area contributed by atoms with Gasteiger partial charge in [0.05, 0.1) is 13.0 Å². The van der Waals surface area contributed by atoms with E-state index in [0.717, 1.165) is 13.1 Å². The highest BCUT2D eigenvalue weighted by Gasteiger charge is 2.51. The zero-order chi connectivity index (χ0) is 11.8. The van der Waals surface area contributed by atoms with Crippen LogP contribution in [0.4, 0.5) is 0 Å². The predicted octanol–water partition coefficient (Wildman–Crippen LogP) is 0.754. The van der Waals surface area contributed by atoms with Gasteiger partial charge in [-0.25, -0.2) is 0 Å². The summed E-state index contributed by atoms with van der Waals surface area (Å²) < 4.78 is 4.79. The molecule has 1 spiro atoms. The van der Waals surface area contributed by atoms with E-state index < -0.39 is 0 Å². The Hall–Kier alpha value is -0.900. The molecule has 1 saturated carbocycles. The van der Waals surface area contributed by atoms with Gasteiger partial charge in [0.25, 0.3) is 0 Å². The van der Waals surface area contributed by atoms with Crippen molar-refractivity contribution >= 4 is 11.8 Å². The van der Waals surface area contributed by atoms with Crippen molar-refractivity contribution in [3.05, 3.63) is 0 Å². The Bertz CT molecular complexity index is 315. The van der Waals surface area contributed by atoms with Gasteiger partial charge < -0.3 is 10.1 Å². The number of carbonyl (C=O) groups excluding carboxylic acids is 2. The van der Waals surface area contributed by atoms with Crippen molar-refractivity contribution in [1.82, 2.24) is 5.32 Å². The molecule has 0 radical (unpaired) electrons. The van der Waals surface area contributed by atoms with Gasteiger partial charge in [-0.15, -0.1) is 0 Å². The van der Waals surface area contributed by atoms with Gasteiger partial charge in [0, 0.05) is 18.4 Å². The van der Waals surface area contributed by atoms with Gasteiger partial charge in [-0.3, -0.25) is 9.59 Å². The molecule has 0 bridgehead atoms. The van der Waals surface area contributed by atoms with Gasteiger partial charge in [0.15, 0.2) is 0 Å². The maximum absolute atomic E-state index is 12.1. The van der Waals surface area contributed by atoms with E-state index in [2.05, 4.69) is 12.2 Å². The van der Waals surface area contributed by atoms with Gasteiger partial charge in [0.1, 0.15) is 5.78 Å². The lowest BCUT2D eigenvalue weighted by molar-refractivity contribution is -0.151. The number of nitrogens with one attached hydrogen (secondary N) is 1. The first-order chi connectivity index (χ1) is 7.60. The number of esters is 1. The minimum Gasteiger partial charge on any atom is -0.469 e. The summed E-state index contributed by atoms with van der Waals surface area (Å²) in [4.78, 5) is 23.7. The maximum Gasteiger partial charge on any atom is 0.308 e. The number of hydrogen-bond acceptors (Lipinski definition) is 4. The Morgan fingerprint density at radius 1 is 1.56 bits per heavy atom. The van der Waals surface area contributed by atoms with E-state index in [4.69, 9.17) is 4.74 Å². The lowest BCUT2D eigenvalue weighted by atomic mass is 9.64. The van der Waals surface area contributed by atoms with E-state index in [1.807, 2.05) is 0 Å². The molecular weight excluding hydrogens is 206 g/mol. The molecule has 1 heterocycles. The number of methoxy groups -OCH3 is 1. The summed E-state index contributed by atoms with van der Waals surface area (Å²) in [5, 5.41) is 3.27. The summed E-state index contributed by atoms with van der Waals surface area (Å²) in [5.41, 5.74) is -0.308. The molecule has 2 rings (SSSR count). The molecule has 90 valence electrons. The highest BCUT2D eigenvalue weighted by atomic mass is 16.5. The topological polar surface area (TPSA) is 55.4 Å². The molecule has 1 N–H and O–H groups in total. The van der Waals surface area contributed by atoms with Crippen molar-refractivity contribution in [2.75, 3.05) is 20.2 Å². The molecular formula is C12H19NO3. The maximum atomic E-state index is 12.1. The van der Waals surface area contributed by atoms with Gasteiger partial charge in [-0.2, -0.15) is 0 Å². The highest BCUT2D eigenvalue weighted by molar-refractivity contribution is 5.88. The van der Waals surface area contributed by atoms with E-state index in [9.17, 15) is 9.59 Å². The van der Waals surface area contributed by atoms with Crippen molar-refractivity contribution in [3.8, 4) is 0 Å². The van der Waals surface area contributed by atoms with Crippen LogP contribution in [0.3, 0.4) is 0 Å². The summed E-state index contributed by atoms with van der Waals surface area (Å²) >= 11 is 0. The molecule has 0 aromatic heterocycles. The second kappa shape index (κ2) is 4.17. The van der Waals surface area contributed by atoms with E-state index in [0.29, 0.717) is 31.0 Å². The molecule has 4 heteroatoms. The molecule has 1 saturated heterocycles. The minimum atomic E-state index is -0.308. The van der Waals surface area contributed by atoms with Gasteiger partial charge in [0.2, 0.25) is 0 Å². The molecule has 1 aliphatic carbocycles. The molecule has 0 aromatic carbocycles. The van der Waals surface area contributed by atoms with Crippen LogP contribution >= 0.6 is 0 Å². The largest absolute Gasteiger partial charge is 0.469 e. The summed E-state index contributed by atoms with van der Waals surface area (Å²) in [6.07, 6.45) is 1.83. The third-order valence-electron chi connectivity index (χ3n) is 4.25. The molecule has 1 aliphatic heterocycles. The van der Waals surface area contributed by atoms with E-state index in [1.165, 1.54) is 7.11 Å². The number of hydrogen-bond donors (Lipinski definition) is 1. The predicted molar refractivity (Wildman–Crippen MR) is 58.8 cm³/mol. The number of carbonyl (C=O) groups is 2. The van der Waals surface area contributed by atoms with Crippen molar-refractivity contribution in [3.63, 3.8) is 0 Å². The fraction of sp³-hybridized carbons (Fsp3) is 0.833. The average molecular weight is 225 g/mol. The quantitative estimate of drug-likeness (QED) is 0.669. The van der Waals surface area contributed by atoms with E-state index in [-0.39, 0.29) is 17.3 Å². The molecule has 4 nitrogen and oxygen atoms in total. The first-order valence-corrected chi connectivity index (χ1v) is 5.92. The Morgan fingerprint density at radius 2 is 2.31 bits per heavy atom. The number of rotatable bonds is 1. The fourth-order valence-electron chi connectivity index (χ4n) is 3.11. The highest BCUT2D eigenvalue weighted by Crippen LogP contribution is 2.44. The summed E-state index contributed by atoms with van der Waals surface area (Å²) in [6, 6.07) is 0. The second-order valence-electron chi connectivity index (χ2n) is 5.07. The lowest BCUT2D eigenvalue weighted by Gasteiger charge is -2.38. The lowest BCUT2D eigenvalue weighted by Crippen LogP contribution is -2.44. The van der Waals surface area contributed by atoms with Crippen LogP contribution < -0.4 is 5.32 Å². The summed E-state index contributed by atoms with van der Waals surface area (Å²) in [6.45, 7) is 3.69. The SMILES string of the molecule is COC(=O)C1CCC(=O)C2(CNCC2C)C1. The first-order valence-electron chi connectivity index (χ1n) is 5.92. The number of Topliss-reactive ketones (excluding diaryl/α,β-unsaturated/α-hetero) is 1. The zero-order valence-corrected chi connectivity index (χ0v) is 9.91. The molecule has 3 atom stereocenters. The Morgan fingerprint density at radius 3 is 2.88 bits per heavy atom. The van der Waals surface area contributed by atoms with Crippen LogP contribution in [0.25, 0.3) is 0 Å². The van der Waals surface area contributed by atoms with E-state index in [1.54, 1.807) is 0 Å². The summed E-state index contributed by atoms with van der Waals surface area (Å²) in [5.74, 6) is 0.397. The Kier molecular flexibility index (Phi) is 3.02. The van der Waals surface area contributed by atoms with Crippen molar-refractivity contribution < 1.29 is 14.3 Å². The van der Waals surface area contributed by atoms with Crippen LogP contribution in [-0.4, -0.2) is 32.0 Å². The zero-order valence-electron chi connectivity index (χ0n) is 9.91. The van der Waals surface area contributed by atoms with Crippen molar-refractivity contribution in [2.45, 2.75) is 26.2 Å². The van der Waals surface area contributed by atoms with Crippen LogP contribution in [-0.2, 0) is 14.3 Å². The van der Waals surface area contributed by atoms with Crippen LogP contribution in [0, 0.1) is 17.3 Å². The van der Waals surface area contributed by atoms with Gasteiger partial charge >= 0.3 is 5.97 Å². The van der Waals surface area contributed by atoms with E-state index >= 15 is 0 Å². The monoisotopic (exact) mass is 225 g/mol. The van der Waals surface area contributed by atoms with Crippen molar-refractivity contribution in [2.24, 2.45) is 17.3 Å². The first kappa shape index (κ1) is 11.6. The molecule has 2 fully saturated rings. The van der Waals surface area contributed by atoms with Crippen LogP contribution in [0.5, 0.6) is 0 Å². The van der Waals surface area contributed by atoms with Gasteiger partial charge in [-0.1, -0.05) is 6.92 Å². The Balaban J connectivity index is 2.17. The fourth-order valence-corrected chi connectivity index (χ4v) is 3.11. The third kappa shape index (κ3) is 1.65. The van der Waals surface area contributed by atoms with Crippen LogP contribution in [0.15, 0.2) is 0 Å². The molecule has 2 aliphatic rings. The smallest absolute Gasteiger partial charge is 0.308 e. The molecule has 0 aromatic rings. The third-order valence-corrected chi connectivity index (χ3v) is 4.25. The number of ether oxygens (including phenoxy) is 1. The standard InChI is InChI=1S/C12H19NO3/c1-8-6-13-7-12(8)5-9(11(15)16-2)3-4-10(12)14/h8-9,13H,3-7H2,1-2H3. The van der Waals surface area contributed by atoms with Crippen LogP contribution in [0.2, 0.25) is 0 Å². The molecule has 16 heavy (non-hydrogen) atoms. The second-order valence-corrected chi connectivity index (χ2v) is 5.07. The normalized spacial score (nSPS) is 39.0. The van der Waals surface area contributed by atoms with Crippen molar-refractivity contribution in [1.29, 1.82) is 0 Å². The minimum absolute atomic E-state index is 0.0925. The average Bonchev–Trinajstić information content (AvgIpc) is 2.64. The molecule has 0 amide bonds. The van der Waals surface area contributed by atoms with Crippen LogP contribution in [0.1, 0.15) is 26.2 Å². The Labute approximate surface area is 95.7 Å². The molecule has 3 unspecified atom stereocenters. The van der Waals surface area contributed by atoms with Gasteiger partial charge in [-0.05, 0) is 25.3 Å².